The van der Waals surface area contributed by atoms with Crippen molar-refractivity contribution in [2.24, 2.45) is 0 Å². The summed E-state index contributed by atoms with van der Waals surface area (Å²) in [7, 11) is 0. The highest BCUT2D eigenvalue weighted by atomic mass is 16.7. The van der Waals surface area contributed by atoms with Crippen molar-refractivity contribution in [2.75, 3.05) is 0 Å². The van der Waals surface area contributed by atoms with Crippen LogP contribution in [0.2, 0.25) is 0 Å². The van der Waals surface area contributed by atoms with Crippen molar-refractivity contribution in [2.45, 2.75) is 0 Å². The van der Waals surface area contributed by atoms with Gasteiger partial charge < -0.3 is 14.5 Å². The van der Waals surface area contributed by atoms with E-state index in [1.165, 1.54) is 0 Å². The molecule has 3 heteroatoms. The molecule has 0 fully saturated rings. The molecule has 87 valence electrons. The van der Waals surface area contributed by atoms with Gasteiger partial charge in [-0.2, -0.15) is 0 Å². The zero-order valence-corrected chi connectivity index (χ0v) is 9.51. The lowest BCUT2D eigenvalue weighted by molar-refractivity contribution is 0.200. The average Bonchev–Trinajstić information content (AvgIpc) is 3.02. The van der Waals surface area contributed by atoms with Gasteiger partial charge in [0.25, 0.3) is 0 Å². The zero-order chi connectivity index (χ0) is 11.9. The molecule has 0 bridgehead atoms. The van der Waals surface area contributed by atoms with Crippen LogP contribution in [-0.4, -0.2) is 4.98 Å². The van der Waals surface area contributed by atoms with Crippen molar-refractivity contribution < 1.29 is 9.47 Å². The summed E-state index contributed by atoms with van der Waals surface area (Å²) < 4.78 is 11.4. The lowest BCUT2D eigenvalue weighted by atomic mass is 10.2. The number of hydrogen-bond acceptors (Lipinski definition) is 2. The van der Waals surface area contributed by atoms with Gasteiger partial charge in [0.2, 0.25) is 0 Å². The predicted octanol–water partition coefficient (Wildman–Crippen LogP) is 3.48. The van der Waals surface area contributed by atoms with Gasteiger partial charge in [0, 0.05) is 5.52 Å². The lowest BCUT2D eigenvalue weighted by Gasteiger charge is -2.03. The molecule has 1 radical (unpaired) electrons. The molecule has 0 saturated heterocycles. The standard InChI is InChI=1S/C15H10NO2/c1-2-6-11-10(5-1)9-12(16-11)15-17-13-7-3-4-8-14(13)18-15/h1-9,16H. The SMILES string of the molecule is c1ccc2c(c1)O[C](c1cc3ccccc3[nH]1)O2. The summed E-state index contributed by atoms with van der Waals surface area (Å²) >= 11 is 0. The van der Waals surface area contributed by atoms with Crippen molar-refractivity contribution in [1.29, 1.82) is 0 Å². The normalized spacial score (nSPS) is 14.2. The van der Waals surface area contributed by atoms with E-state index in [4.69, 9.17) is 9.47 Å². The number of para-hydroxylation sites is 3. The highest BCUT2D eigenvalue weighted by Gasteiger charge is 2.29. The fraction of sp³-hybridized carbons (Fsp3) is 0. The second-order valence-corrected chi connectivity index (χ2v) is 4.21. The molecule has 0 aliphatic carbocycles. The number of aromatic nitrogens is 1. The number of aromatic amines is 1. The van der Waals surface area contributed by atoms with E-state index in [1.807, 2.05) is 48.5 Å². The van der Waals surface area contributed by atoms with E-state index in [0.29, 0.717) is 6.29 Å². The quantitative estimate of drug-likeness (QED) is 0.702. The highest BCUT2D eigenvalue weighted by Crippen LogP contribution is 2.39. The van der Waals surface area contributed by atoms with Crippen molar-refractivity contribution in [1.82, 2.24) is 4.98 Å². The molecule has 2 heterocycles. The highest BCUT2D eigenvalue weighted by molar-refractivity contribution is 5.80. The molecule has 18 heavy (non-hydrogen) atoms. The first-order chi connectivity index (χ1) is 8.90. The number of ether oxygens (including phenoxy) is 2. The van der Waals surface area contributed by atoms with Crippen LogP contribution in [0.5, 0.6) is 11.5 Å². The van der Waals surface area contributed by atoms with Crippen LogP contribution >= 0.6 is 0 Å². The second kappa shape index (κ2) is 3.53. The number of hydrogen-bond donors (Lipinski definition) is 1. The molecule has 3 nitrogen and oxygen atoms in total. The Hall–Kier alpha value is -2.42. The van der Waals surface area contributed by atoms with E-state index in [2.05, 4.69) is 11.1 Å². The third-order valence-electron chi connectivity index (χ3n) is 3.00. The third-order valence-corrected chi connectivity index (χ3v) is 3.00. The Balaban J connectivity index is 1.73. The molecule has 1 N–H and O–H groups in total. The number of benzene rings is 2. The van der Waals surface area contributed by atoms with E-state index >= 15 is 0 Å². The van der Waals surface area contributed by atoms with Crippen LogP contribution < -0.4 is 9.47 Å². The Morgan fingerprint density at radius 3 is 2.17 bits per heavy atom. The van der Waals surface area contributed by atoms with Crippen LogP contribution in [0.15, 0.2) is 54.6 Å². The van der Waals surface area contributed by atoms with Gasteiger partial charge in [-0.25, -0.2) is 0 Å². The molecule has 0 unspecified atom stereocenters. The molecule has 1 aromatic heterocycles. The fourth-order valence-corrected chi connectivity index (χ4v) is 2.13. The smallest absolute Gasteiger partial charge is 0.380 e. The first-order valence-electron chi connectivity index (χ1n) is 5.80. The van der Waals surface area contributed by atoms with Gasteiger partial charge in [0.1, 0.15) is 5.69 Å². The predicted molar refractivity (Wildman–Crippen MR) is 68.3 cm³/mol. The topological polar surface area (TPSA) is 34.2 Å². The van der Waals surface area contributed by atoms with E-state index in [1.54, 1.807) is 0 Å². The zero-order valence-electron chi connectivity index (χ0n) is 9.51. The molecular formula is C15H10NO2. The Morgan fingerprint density at radius 2 is 1.44 bits per heavy atom. The van der Waals surface area contributed by atoms with Crippen molar-refractivity contribution in [3.05, 3.63) is 66.6 Å². The lowest BCUT2D eigenvalue weighted by Crippen LogP contribution is -2.09. The minimum Gasteiger partial charge on any atom is -0.437 e. The monoisotopic (exact) mass is 236 g/mol. The molecule has 0 saturated carbocycles. The summed E-state index contributed by atoms with van der Waals surface area (Å²) in [6.07, 6.45) is 0.507. The van der Waals surface area contributed by atoms with Crippen molar-refractivity contribution in [3.63, 3.8) is 0 Å². The van der Waals surface area contributed by atoms with Crippen molar-refractivity contribution >= 4 is 10.9 Å². The second-order valence-electron chi connectivity index (χ2n) is 4.21. The molecule has 1 aliphatic rings. The average molecular weight is 236 g/mol. The van der Waals surface area contributed by atoms with Gasteiger partial charge in [-0.1, -0.05) is 30.3 Å². The summed E-state index contributed by atoms with van der Waals surface area (Å²) in [5, 5.41) is 1.14. The molecular weight excluding hydrogens is 226 g/mol. The summed E-state index contributed by atoms with van der Waals surface area (Å²) in [5.41, 5.74) is 1.93. The summed E-state index contributed by atoms with van der Waals surface area (Å²) in [5.74, 6) is 1.51. The molecule has 4 rings (SSSR count). The van der Waals surface area contributed by atoms with Gasteiger partial charge in [0.05, 0.1) is 0 Å². The van der Waals surface area contributed by atoms with Crippen molar-refractivity contribution in [3.8, 4) is 11.5 Å². The van der Waals surface area contributed by atoms with E-state index < -0.39 is 0 Å². The van der Waals surface area contributed by atoms with Crippen LogP contribution in [0.3, 0.4) is 0 Å². The van der Waals surface area contributed by atoms with E-state index in [0.717, 1.165) is 28.1 Å². The maximum Gasteiger partial charge on any atom is 0.380 e. The summed E-state index contributed by atoms with van der Waals surface area (Å²) in [4.78, 5) is 3.29. The number of fused-ring (bicyclic) bond motifs is 2. The number of nitrogens with one attached hydrogen (secondary N) is 1. The Labute approximate surface area is 104 Å². The first kappa shape index (κ1) is 9.59. The van der Waals surface area contributed by atoms with Gasteiger partial charge >= 0.3 is 6.29 Å². The van der Waals surface area contributed by atoms with Crippen LogP contribution in [0.4, 0.5) is 0 Å². The molecule has 0 spiro atoms. The van der Waals surface area contributed by atoms with E-state index in [-0.39, 0.29) is 0 Å². The minimum atomic E-state index is 0.507. The van der Waals surface area contributed by atoms with Crippen LogP contribution in [0, 0.1) is 6.29 Å². The third kappa shape index (κ3) is 1.37. The maximum absolute atomic E-state index is 5.69. The Kier molecular flexibility index (Phi) is 1.88. The van der Waals surface area contributed by atoms with Gasteiger partial charge in [-0.05, 0) is 29.7 Å². The summed E-state index contributed by atoms with van der Waals surface area (Å²) in [6.45, 7) is 0. The van der Waals surface area contributed by atoms with Crippen LogP contribution in [0.1, 0.15) is 5.69 Å². The van der Waals surface area contributed by atoms with Crippen LogP contribution in [-0.2, 0) is 0 Å². The van der Waals surface area contributed by atoms with Gasteiger partial charge in [-0.3, -0.25) is 0 Å². The minimum absolute atomic E-state index is 0.507. The molecule has 0 atom stereocenters. The molecule has 2 aromatic carbocycles. The first-order valence-corrected chi connectivity index (χ1v) is 5.80. The molecule has 0 amide bonds. The molecule has 3 aromatic rings. The van der Waals surface area contributed by atoms with Gasteiger partial charge in [0.15, 0.2) is 11.5 Å². The van der Waals surface area contributed by atoms with Gasteiger partial charge in [-0.15, -0.1) is 0 Å². The Bertz CT molecular complexity index is 659. The fourth-order valence-electron chi connectivity index (χ4n) is 2.13. The number of rotatable bonds is 1. The number of H-pyrrole nitrogens is 1. The van der Waals surface area contributed by atoms with E-state index in [9.17, 15) is 0 Å². The largest absolute Gasteiger partial charge is 0.437 e. The Morgan fingerprint density at radius 1 is 0.778 bits per heavy atom. The maximum atomic E-state index is 5.69. The summed E-state index contributed by atoms with van der Waals surface area (Å²) in [6, 6.07) is 17.8. The molecule has 1 aliphatic heterocycles. The van der Waals surface area contributed by atoms with Crippen LogP contribution in [0.25, 0.3) is 10.9 Å².